The Bertz CT molecular complexity index is 192. The maximum absolute atomic E-state index is 8.74. The van der Waals surface area contributed by atoms with Crippen molar-refractivity contribution in [2.45, 2.75) is 26.9 Å². The van der Waals surface area contributed by atoms with Crippen LogP contribution in [0.1, 0.15) is 20.8 Å². The van der Waals surface area contributed by atoms with Crippen molar-refractivity contribution in [2.24, 2.45) is 0 Å². The maximum atomic E-state index is 8.74. The SMILES string of the molecule is CCOCC(C)OCC.O=S(=O)(O)O. The smallest absolute Gasteiger partial charge is 0.379 e. The first kappa shape index (κ1) is 16.2. The molecule has 0 saturated carbocycles. The Morgan fingerprint density at radius 2 is 1.64 bits per heavy atom. The molecule has 1 unspecified atom stereocenters. The molecule has 0 fully saturated rings. The van der Waals surface area contributed by atoms with Gasteiger partial charge in [0, 0.05) is 13.2 Å². The van der Waals surface area contributed by atoms with E-state index in [1.807, 2.05) is 20.8 Å². The van der Waals surface area contributed by atoms with Crippen molar-refractivity contribution in [1.82, 2.24) is 0 Å². The summed E-state index contributed by atoms with van der Waals surface area (Å²) in [5.74, 6) is 0. The van der Waals surface area contributed by atoms with Gasteiger partial charge in [-0.3, -0.25) is 9.11 Å². The van der Waals surface area contributed by atoms with Gasteiger partial charge in [0.2, 0.25) is 0 Å². The molecule has 88 valence electrons. The zero-order chi connectivity index (χ0) is 11.6. The molecule has 0 bridgehead atoms. The highest BCUT2D eigenvalue weighted by Crippen LogP contribution is 1.90. The van der Waals surface area contributed by atoms with E-state index in [0.717, 1.165) is 13.2 Å². The Labute approximate surface area is 84.8 Å². The van der Waals surface area contributed by atoms with Crippen LogP contribution in [0.3, 0.4) is 0 Å². The van der Waals surface area contributed by atoms with Crippen molar-refractivity contribution >= 4 is 10.4 Å². The molecule has 0 saturated heterocycles. The second-order valence-corrected chi connectivity index (χ2v) is 3.27. The summed E-state index contributed by atoms with van der Waals surface area (Å²) in [7, 11) is -4.67. The molecule has 0 rings (SSSR count). The minimum absolute atomic E-state index is 0.245. The third-order valence-electron chi connectivity index (χ3n) is 1.01. The molecule has 0 radical (unpaired) electrons. The average molecular weight is 230 g/mol. The fourth-order valence-corrected chi connectivity index (χ4v) is 0.616. The molecule has 0 aromatic carbocycles. The van der Waals surface area contributed by atoms with Crippen LogP contribution in [0.4, 0.5) is 0 Å². The number of hydrogen-bond acceptors (Lipinski definition) is 4. The van der Waals surface area contributed by atoms with Gasteiger partial charge >= 0.3 is 10.4 Å². The van der Waals surface area contributed by atoms with Crippen LogP contribution in [-0.4, -0.2) is 43.4 Å². The maximum Gasteiger partial charge on any atom is 0.394 e. The van der Waals surface area contributed by atoms with Crippen molar-refractivity contribution < 1.29 is 27.0 Å². The van der Waals surface area contributed by atoms with E-state index in [2.05, 4.69) is 0 Å². The fraction of sp³-hybridized carbons (Fsp3) is 1.00. The van der Waals surface area contributed by atoms with E-state index in [1.54, 1.807) is 0 Å². The third kappa shape index (κ3) is 29.8. The molecule has 14 heavy (non-hydrogen) atoms. The molecular weight excluding hydrogens is 212 g/mol. The molecule has 1 atom stereocenters. The molecule has 0 aliphatic rings. The monoisotopic (exact) mass is 230 g/mol. The molecule has 0 aliphatic heterocycles. The molecule has 6 nitrogen and oxygen atoms in total. The highest BCUT2D eigenvalue weighted by molar-refractivity contribution is 7.79. The molecule has 0 aromatic heterocycles. The summed E-state index contributed by atoms with van der Waals surface area (Å²) < 4.78 is 41.9. The van der Waals surface area contributed by atoms with E-state index in [9.17, 15) is 0 Å². The van der Waals surface area contributed by atoms with E-state index in [1.165, 1.54) is 0 Å². The van der Waals surface area contributed by atoms with Crippen LogP contribution < -0.4 is 0 Å². The molecule has 0 aliphatic carbocycles. The van der Waals surface area contributed by atoms with Crippen LogP contribution >= 0.6 is 0 Å². The quantitative estimate of drug-likeness (QED) is 0.678. The van der Waals surface area contributed by atoms with Crippen LogP contribution in [0, 0.1) is 0 Å². The summed E-state index contributed by atoms with van der Waals surface area (Å²) in [5.41, 5.74) is 0. The first-order valence-electron chi connectivity index (χ1n) is 4.20. The van der Waals surface area contributed by atoms with Gasteiger partial charge in [-0.1, -0.05) is 0 Å². The lowest BCUT2D eigenvalue weighted by molar-refractivity contribution is 0.00215. The van der Waals surface area contributed by atoms with Crippen molar-refractivity contribution in [3.8, 4) is 0 Å². The van der Waals surface area contributed by atoms with Gasteiger partial charge < -0.3 is 9.47 Å². The molecule has 0 spiro atoms. The van der Waals surface area contributed by atoms with Crippen molar-refractivity contribution in [3.05, 3.63) is 0 Å². The van der Waals surface area contributed by atoms with Crippen molar-refractivity contribution in [1.29, 1.82) is 0 Å². The van der Waals surface area contributed by atoms with E-state index >= 15 is 0 Å². The number of hydrogen-bond donors (Lipinski definition) is 2. The van der Waals surface area contributed by atoms with Crippen LogP contribution in [0.25, 0.3) is 0 Å². The highest BCUT2D eigenvalue weighted by atomic mass is 32.3. The van der Waals surface area contributed by atoms with Gasteiger partial charge in [0.25, 0.3) is 0 Å². The lowest BCUT2D eigenvalue weighted by Crippen LogP contribution is -2.15. The zero-order valence-electron chi connectivity index (χ0n) is 8.63. The summed E-state index contributed by atoms with van der Waals surface area (Å²) in [6, 6.07) is 0. The minimum atomic E-state index is -4.67. The summed E-state index contributed by atoms with van der Waals surface area (Å²) in [6.07, 6.45) is 0.245. The van der Waals surface area contributed by atoms with Gasteiger partial charge in [-0.2, -0.15) is 8.42 Å². The van der Waals surface area contributed by atoms with Crippen LogP contribution in [0.5, 0.6) is 0 Å². The van der Waals surface area contributed by atoms with Crippen molar-refractivity contribution in [3.63, 3.8) is 0 Å². The van der Waals surface area contributed by atoms with E-state index in [4.69, 9.17) is 27.0 Å². The van der Waals surface area contributed by atoms with Gasteiger partial charge in [-0.15, -0.1) is 0 Å². The molecule has 0 heterocycles. The highest BCUT2D eigenvalue weighted by Gasteiger charge is 1.97. The molecular formula is C7H18O6S. The fourth-order valence-electron chi connectivity index (χ4n) is 0.616. The van der Waals surface area contributed by atoms with Gasteiger partial charge in [0.05, 0.1) is 12.7 Å². The molecule has 0 aromatic rings. The van der Waals surface area contributed by atoms with E-state index in [-0.39, 0.29) is 6.10 Å². The summed E-state index contributed by atoms with van der Waals surface area (Å²) >= 11 is 0. The first-order chi connectivity index (χ1) is 6.31. The standard InChI is InChI=1S/C7H16O2.H2O4S/c1-4-8-6-7(3)9-5-2;1-5(2,3)4/h7H,4-6H2,1-3H3;(H2,1,2,3,4). The Morgan fingerprint density at radius 3 is 1.93 bits per heavy atom. The lowest BCUT2D eigenvalue weighted by atomic mass is 10.4. The number of rotatable bonds is 5. The molecule has 0 amide bonds. The van der Waals surface area contributed by atoms with Gasteiger partial charge in [-0.25, -0.2) is 0 Å². The topological polar surface area (TPSA) is 93.1 Å². The number of ether oxygens (including phenoxy) is 2. The largest absolute Gasteiger partial charge is 0.394 e. The Kier molecular flexibility index (Phi) is 10.8. The average Bonchev–Trinajstić information content (AvgIpc) is 1.98. The molecule has 7 heteroatoms. The van der Waals surface area contributed by atoms with Crippen molar-refractivity contribution in [2.75, 3.05) is 19.8 Å². The zero-order valence-corrected chi connectivity index (χ0v) is 9.45. The van der Waals surface area contributed by atoms with E-state index in [0.29, 0.717) is 6.61 Å². The Balaban J connectivity index is 0. The van der Waals surface area contributed by atoms with Gasteiger partial charge in [0.15, 0.2) is 0 Å². The minimum Gasteiger partial charge on any atom is -0.379 e. The predicted molar refractivity (Wildman–Crippen MR) is 51.8 cm³/mol. The Hall–Kier alpha value is -0.210. The Morgan fingerprint density at radius 1 is 1.21 bits per heavy atom. The normalized spacial score (nSPS) is 12.9. The van der Waals surface area contributed by atoms with E-state index < -0.39 is 10.4 Å². The van der Waals surface area contributed by atoms with Crippen LogP contribution in [-0.2, 0) is 19.9 Å². The predicted octanol–water partition coefficient (Wildman–Crippen LogP) is 0.795. The van der Waals surface area contributed by atoms with Gasteiger partial charge in [-0.05, 0) is 20.8 Å². The lowest BCUT2D eigenvalue weighted by Gasteiger charge is -2.09. The van der Waals surface area contributed by atoms with Crippen LogP contribution in [0.2, 0.25) is 0 Å². The summed E-state index contributed by atoms with van der Waals surface area (Å²) in [6.45, 7) is 8.25. The third-order valence-corrected chi connectivity index (χ3v) is 1.01. The first-order valence-corrected chi connectivity index (χ1v) is 5.60. The second-order valence-electron chi connectivity index (χ2n) is 2.37. The summed E-state index contributed by atoms with van der Waals surface area (Å²) in [5, 5.41) is 0. The molecule has 2 N–H and O–H groups in total. The summed E-state index contributed by atoms with van der Waals surface area (Å²) in [4.78, 5) is 0. The van der Waals surface area contributed by atoms with Gasteiger partial charge in [0.1, 0.15) is 0 Å². The second kappa shape index (κ2) is 9.35. The van der Waals surface area contributed by atoms with Crippen LogP contribution in [0.15, 0.2) is 0 Å².